The largest absolute Gasteiger partial charge is 0.406 e. The van der Waals surface area contributed by atoms with Gasteiger partial charge in [0.2, 0.25) is 0 Å². The van der Waals surface area contributed by atoms with Crippen molar-refractivity contribution in [3.63, 3.8) is 0 Å². The lowest BCUT2D eigenvalue weighted by molar-refractivity contribution is -0.140. The van der Waals surface area contributed by atoms with Gasteiger partial charge in [-0.05, 0) is 26.3 Å². The molecule has 2 fully saturated rings. The first kappa shape index (κ1) is 22.5. The fourth-order valence-electron chi connectivity index (χ4n) is 4.55. The Kier molecular flexibility index (Phi) is 6.23. The number of morpholine rings is 1. The number of imidazole rings is 1. The number of rotatable bonds is 5. The highest BCUT2D eigenvalue weighted by atomic mass is 32.1. The number of halogens is 3. The summed E-state index contributed by atoms with van der Waals surface area (Å²) in [6, 6.07) is 0. The third-order valence-electron chi connectivity index (χ3n) is 6.05. The molecular formula is C21H26F3N7OS. The number of likely N-dealkylation sites (tertiary alicyclic amines) is 1. The summed E-state index contributed by atoms with van der Waals surface area (Å²) in [6.07, 6.45) is -1.26. The molecule has 2 saturated heterocycles. The monoisotopic (exact) mass is 481 g/mol. The molecule has 0 spiro atoms. The number of hydrogen-bond acceptors (Lipinski definition) is 8. The van der Waals surface area contributed by atoms with Crippen LogP contribution < -0.4 is 4.90 Å². The fraction of sp³-hybridized carbons (Fsp3) is 0.619. The molecule has 33 heavy (non-hydrogen) atoms. The molecule has 0 aliphatic carbocycles. The highest BCUT2D eigenvalue weighted by molar-refractivity contribution is 7.09. The topological polar surface area (TPSA) is 72.2 Å². The lowest BCUT2D eigenvalue weighted by atomic mass is 9.97. The van der Waals surface area contributed by atoms with Crippen molar-refractivity contribution >= 4 is 28.3 Å². The number of fused-ring (bicyclic) bond motifs is 1. The fourth-order valence-corrected chi connectivity index (χ4v) is 5.16. The van der Waals surface area contributed by atoms with E-state index in [1.54, 1.807) is 11.3 Å². The van der Waals surface area contributed by atoms with Crippen LogP contribution in [0, 0.1) is 6.92 Å². The second-order valence-electron chi connectivity index (χ2n) is 8.60. The summed E-state index contributed by atoms with van der Waals surface area (Å²) < 4.78 is 46.1. The van der Waals surface area contributed by atoms with E-state index < -0.39 is 12.7 Å². The zero-order valence-electron chi connectivity index (χ0n) is 18.4. The van der Waals surface area contributed by atoms with Crippen molar-refractivity contribution in [2.75, 3.05) is 44.3 Å². The van der Waals surface area contributed by atoms with Gasteiger partial charge in [0, 0.05) is 37.5 Å². The molecular weight excluding hydrogens is 455 g/mol. The van der Waals surface area contributed by atoms with Crippen LogP contribution in [0.1, 0.15) is 35.3 Å². The molecule has 0 N–H and O–H groups in total. The van der Waals surface area contributed by atoms with E-state index in [0.717, 1.165) is 47.7 Å². The van der Waals surface area contributed by atoms with E-state index in [9.17, 15) is 13.2 Å². The van der Waals surface area contributed by atoms with Crippen LogP contribution in [-0.2, 0) is 17.8 Å². The molecule has 2 aliphatic heterocycles. The number of hydrogen-bond donors (Lipinski definition) is 0. The predicted molar refractivity (Wildman–Crippen MR) is 119 cm³/mol. The Morgan fingerprint density at radius 1 is 1.15 bits per heavy atom. The van der Waals surface area contributed by atoms with Crippen LogP contribution in [0.15, 0.2) is 11.7 Å². The quantitative estimate of drug-likeness (QED) is 0.553. The van der Waals surface area contributed by atoms with Gasteiger partial charge in [0.25, 0.3) is 0 Å². The smallest absolute Gasteiger partial charge is 0.378 e. The average Bonchev–Trinajstić information content (AvgIpc) is 3.38. The van der Waals surface area contributed by atoms with Crippen LogP contribution in [0.3, 0.4) is 0 Å². The van der Waals surface area contributed by atoms with Gasteiger partial charge in [-0.2, -0.15) is 13.2 Å². The van der Waals surface area contributed by atoms with Gasteiger partial charge < -0.3 is 14.2 Å². The summed E-state index contributed by atoms with van der Waals surface area (Å²) in [7, 11) is 0. The second kappa shape index (κ2) is 9.15. The maximum atomic E-state index is 13.2. The van der Waals surface area contributed by atoms with Crippen molar-refractivity contribution in [1.29, 1.82) is 0 Å². The first-order chi connectivity index (χ1) is 15.9. The van der Waals surface area contributed by atoms with Crippen LogP contribution in [-0.4, -0.2) is 75.0 Å². The summed E-state index contributed by atoms with van der Waals surface area (Å²) in [6.45, 7) is 5.68. The average molecular weight is 482 g/mol. The molecule has 5 rings (SSSR count). The van der Waals surface area contributed by atoms with E-state index in [1.165, 1.54) is 6.33 Å². The number of thiazole rings is 1. The van der Waals surface area contributed by atoms with E-state index in [4.69, 9.17) is 9.72 Å². The zero-order valence-corrected chi connectivity index (χ0v) is 19.2. The Hall–Kier alpha value is -2.31. The molecule has 12 heteroatoms. The maximum Gasteiger partial charge on any atom is 0.406 e. The molecule has 1 atom stereocenters. The lowest BCUT2D eigenvalue weighted by Gasteiger charge is -2.32. The van der Waals surface area contributed by atoms with E-state index in [0.29, 0.717) is 43.5 Å². The van der Waals surface area contributed by atoms with E-state index >= 15 is 0 Å². The maximum absolute atomic E-state index is 13.2. The highest BCUT2D eigenvalue weighted by Crippen LogP contribution is 2.31. The number of nitrogens with zero attached hydrogens (tertiary/aromatic N) is 7. The number of ether oxygens (including phenoxy) is 1. The molecule has 0 aromatic carbocycles. The Balaban J connectivity index is 1.47. The normalized spacial score (nSPS) is 20.6. The zero-order chi connectivity index (χ0) is 23.0. The van der Waals surface area contributed by atoms with Gasteiger partial charge in [0.1, 0.15) is 12.4 Å². The molecule has 0 radical (unpaired) electrons. The van der Waals surface area contributed by atoms with Crippen molar-refractivity contribution in [2.24, 2.45) is 0 Å². The predicted octanol–water partition coefficient (Wildman–Crippen LogP) is 3.37. The van der Waals surface area contributed by atoms with Gasteiger partial charge in [0.15, 0.2) is 17.0 Å². The summed E-state index contributed by atoms with van der Waals surface area (Å²) in [5.74, 6) is 1.23. The van der Waals surface area contributed by atoms with Crippen molar-refractivity contribution in [2.45, 2.75) is 44.9 Å². The van der Waals surface area contributed by atoms with Crippen LogP contribution in [0.5, 0.6) is 0 Å². The number of aromatic nitrogens is 5. The third kappa shape index (κ3) is 5.12. The van der Waals surface area contributed by atoms with Crippen molar-refractivity contribution in [1.82, 2.24) is 29.4 Å². The van der Waals surface area contributed by atoms with Gasteiger partial charge >= 0.3 is 6.18 Å². The Labute approximate surface area is 193 Å². The molecule has 5 heterocycles. The summed E-state index contributed by atoms with van der Waals surface area (Å²) in [4.78, 5) is 22.7. The van der Waals surface area contributed by atoms with Crippen molar-refractivity contribution in [3.8, 4) is 0 Å². The minimum Gasteiger partial charge on any atom is -0.378 e. The minimum absolute atomic E-state index is 0.0388. The Morgan fingerprint density at radius 2 is 1.97 bits per heavy atom. The first-order valence-corrected chi connectivity index (χ1v) is 12.0. The van der Waals surface area contributed by atoms with Crippen LogP contribution in [0.2, 0.25) is 0 Å². The van der Waals surface area contributed by atoms with Gasteiger partial charge in [-0.15, -0.1) is 11.3 Å². The Bertz CT molecular complexity index is 1110. The third-order valence-corrected chi connectivity index (χ3v) is 6.87. The van der Waals surface area contributed by atoms with Crippen LogP contribution >= 0.6 is 11.3 Å². The van der Waals surface area contributed by atoms with E-state index in [1.807, 2.05) is 11.8 Å². The van der Waals surface area contributed by atoms with Gasteiger partial charge in [0.05, 0.1) is 30.2 Å². The summed E-state index contributed by atoms with van der Waals surface area (Å²) >= 11 is 1.64. The molecule has 3 aromatic heterocycles. The van der Waals surface area contributed by atoms with E-state index in [2.05, 4.69) is 25.2 Å². The molecule has 178 valence electrons. The van der Waals surface area contributed by atoms with Crippen LogP contribution in [0.25, 0.3) is 11.2 Å². The molecule has 1 unspecified atom stereocenters. The molecule has 0 amide bonds. The molecule has 0 saturated carbocycles. The number of piperidine rings is 1. The number of aryl methyl sites for hydroxylation is 1. The molecule has 3 aromatic rings. The Morgan fingerprint density at radius 3 is 2.70 bits per heavy atom. The van der Waals surface area contributed by atoms with Crippen molar-refractivity contribution < 1.29 is 17.9 Å². The molecule has 8 nitrogen and oxygen atoms in total. The molecule has 0 bridgehead atoms. The first-order valence-electron chi connectivity index (χ1n) is 11.1. The highest BCUT2D eigenvalue weighted by Gasteiger charge is 2.31. The minimum atomic E-state index is -4.36. The van der Waals surface area contributed by atoms with Gasteiger partial charge in [-0.3, -0.25) is 4.90 Å². The van der Waals surface area contributed by atoms with Gasteiger partial charge in [-0.25, -0.2) is 19.9 Å². The summed E-state index contributed by atoms with van der Waals surface area (Å²) in [5.41, 5.74) is 1.70. The number of alkyl halides is 3. The van der Waals surface area contributed by atoms with Crippen LogP contribution in [0.4, 0.5) is 19.0 Å². The van der Waals surface area contributed by atoms with Gasteiger partial charge in [-0.1, -0.05) is 0 Å². The molecule has 2 aliphatic rings. The lowest BCUT2D eigenvalue weighted by Crippen LogP contribution is -2.38. The standard InChI is InChI=1S/C21H26F3N7OS/c1-14-26-16(11-33-14)10-29-4-2-3-15(9-29)18-27-19(30-5-7-32-8-6-30)17-20(28-18)31(13-25-17)12-21(22,23)24/h11,13,15H,2-10,12H2,1H3. The number of anilines is 1. The van der Waals surface area contributed by atoms with Crippen molar-refractivity contribution in [3.05, 3.63) is 28.2 Å². The summed E-state index contributed by atoms with van der Waals surface area (Å²) in [5, 5.41) is 3.12. The second-order valence-corrected chi connectivity index (χ2v) is 9.66. The van der Waals surface area contributed by atoms with E-state index in [-0.39, 0.29) is 11.6 Å². The SMILES string of the molecule is Cc1nc(CN2CCCC(c3nc(N4CCOCC4)c4ncn(CC(F)(F)F)c4n3)C2)cs1.